The van der Waals surface area contributed by atoms with Crippen molar-refractivity contribution in [2.24, 2.45) is 7.05 Å². The Balaban J connectivity index is 1.26. The predicted octanol–water partition coefficient (Wildman–Crippen LogP) is 5.24. The highest BCUT2D eigenvalue weighted by Crippen LogP contribution is 2.34. The van der Waals surface area contributed by atoms with Crippen LogP contribution in [0, 0.1) is 0 Å². The number of hydrogen-bond donors (Lipinski definition) is 0. The topological polar surface area (TPSA) is 69.9 Å². The molecule has 29 heavy (non-hydrogen) atoms. The molecule has 0 unspecified atom stereocenters. The van der Waals surface area contributed by atoms with E-state index in [0.29, 0.717) is 4.88 Å². The summed E-state index contributed by atoms with van der Waals surface area (Å²) in [7, 11) is 1.86. The molecule has 0 aliphatic heterocycles. The lowest BCUT2D eigenvalue weighted by Gasteiger charge is -2.00. The van der Waals surface area contributed by atoms with E-state index in [1.54, 1.807) is 28.3 Å². The number of aromatic nitrogens is 4. The van der Waals surface area contributed by atoms with Gasteiger partial charge in [-0.05, 0) is 24.3 Å². The van der Waals surface area contributed by atoms with Gasteiger partial charge in [0.15, 0.2) is 0 Å². The molecule has 0 atom stereocenters. The van der Waals surface area contributed by atoms with E-state index in [-0.39, 0.29) is 12.6 Å². The van der Waals surface area contributed by atoms with Crippen molar-refractivity contribution >= 4 is 50.2 Å². The van der Waals surface area contributed by atoms with E-state index in [9.17, 15) is 4.79 Å². The van der Waals surface area contributed by atoms with Crippen LogP contribution in [0.3, 0.4) is 0 Å². The minimum absolute atomic E-state index is 0.143. The van der Waals surface area contributed by atoms with Crippen LogP contribution in [0.2, 0.25) is 0 Å². The van der Waals surface area contributed by atoms with Gasteiger partial charge in [0, 0.05) is 24.2 Å². The van der Waals surface area contributed by atoms with Crippen LogP contribution in [-0.4, -0.2) is 25.7 Å². The number of carbonyl (C=O) groups excluding carboxylic acids is 1. The zero-order chi connectivity index (χ0) is 19.8. The number of rotatable bonds is 5. The van der Waals surface area contributed by atoms with Crippen LogP contribution in [0.15, 0.2) is 54.2 Å². The first-order valence-electron chi connectivity index (χ1n) is 8.72. The molecule has 0 aliphatic rings. The van der Waals surface area contributed by atoms with Crippen LogP contribution in [0.5, 0.6) is 0 Å². The van der Waals surface area contributed by atoms with Gasteiger partial charge >= 0.3 is 5.97 Å². The molecule has 0 saturated heterocycles. The normalized spacial score (nSPS) is 11.2. The van der Waals surface area contributed by atoms with Gasteiger partial charge in [-0.25, -0.2) is 14.8 Å². The van der Waals surface area contributed by atoms with E-state index in [1.807, 2.05) is 49.0 Å². The highest BCUT2D eigenvalue weighted by molar-refractivity contribution is 7.26. The number of fused-ring (bicyclic) bond motifs is 1. The van der Waals surface area contributed by atoms with Gasteiger partial charge in [-0.15, -0.1) is 34.0 Å². The number of benzene rings is 1. The van der Waals surface area contributed by atoms with E-state index < -0.39 is 0 Å². The van der Waals surface area contributed by atoms with Gasteiger partial charge in [-0.1, -0.05) is 12.1 Å². The highest BCUT2D eigenvalue weighted by Gasteiger charge is 2.15. The quantitative estimate of drug-likeness (QED) is 0.351. The summed E-state index contributed by atoms with van der Waals surface area (Å²) in [5.74, 6) is -0.349. The summed E-state index contributed by atoms with van der Waals surface area (Å²) in [6.07, 6.45) is 3.67. The first-order valence-corrected chi connectivity index (χ1v) is 11.2. The zero-order valence-electron chi connectivity index (χ0n) is 15.2. The molecule has 0 amide bonds. The van der Waals surface area contributed by atoms with Crippen LogP contribution in [0.1, 0.15) is 15.4 Å². The maximum atomic E-state index is 12.4. The number of hydrogen-bond acceptors (Lipinski definition) is 8. The fourth-order valence-corrected chi connectivity index (χ4v) is 5.49. The van der Waals surface area contributed by atoms with E-state index in [4.69, 9.17) is 4.74 Å². The molecular formula is C20H14N4O2S3. The number of ether oxygens (including phenoxy) is 1. The molecule has 0 spiro atoms. The molecule has 4 aromatic heterocycles. The van der Waals surface area contributed by atoms with Crippen molar-refractivity contribution in [3.63, 3.8) is 0 Å². The molecule has 0 aliphatic carbocycles. The lowest BCUT2D eigenvalue weighted by molar-refractivity contribution is 0.0474. The second kappa shape index (κ2) is 7.51. The van der Waals surface area contributed by atoms with Gasteiger partial charge in [0.1, 0.15) is 21.5 Å². The second-order valence-corrected chi connectivity index (χ2v) is 9.25. The summed E-state index contributed by atoms with van der Waals surface area (Å²) in [5, 5.41) is 7.82. The maximum absolute atomic E-state index is 12.4. The van der Waals surface area contributed by atoms with Gasteiger partial charge < -0.3 is 4.74 Å². The Hall–Kier alpha value is -2.88. The van der Waals surface area contributed by atoms with Crippen LogP contribution in [-0.2, 0) is 18.4 Å². The van der Waals surface area contributed by atoms with Crippen molar-refractivity contribution in [3.05, 3.63) is 64.7 Å². The number of thiazole rings is 2. The van der Waals surface area contributed by atoms with Crippen molar-refractivity contribution in [2.75, 3.05) is 0 Å². The average Bonchev–Trinajstić information content (AvgIpc) is 3.51. The third-order valence-electron chi connectivity index (χ3n) is 4.17. The van der Waals surface area contributed by atoms with Gasteiger partial charge in [0.2, 0.25) is 0 Å². The Morgan fingerprint density at radius 3 is 2.83 bits per heavy atom. The zero-order valence-corrected chi connectivity index (χ0v) is 17.7. The number of para-hydroxylation sites is 1. The van der Waals surface area contributed by atoms with Crippen molar-refractivity contribution in [1.82, 2.24) is 19.7 Å². The van der Waals surface area contributed by atoms with Crippen LogP contribution < -0.4 is 0 Å². The Kier molecular flexibility index (Phi) is 4.70. The first kappa shape index (κ1) is 18.2. The van der Waals surface area contributed by atoms with Crippen LogP contribution in [0.4, 0.5) is 0 Å². The Bertz CT molecular complexity index is 1280. The molecule has 0 fully saturated rings. The summed E-state index contributed by atoms with van der Waals surface area (Å²) < 4.78 is 8.32. The molecule has 1 aromatic carbocycles. The Morgan fingerprint density at radius 2 is 2.00 bits per heavy atom. The summed E-state index contributed by atoms with van der Waals surface area (Å²) in [5.41, 5.74) is 2.65. The van der Waals surface area contributed by atoms with E-state index in [1.165, 1.54) is 22.7 Å². The molecule has 4 heterocycles. The molecular weight excluding hydrogens is 424 g/mol. The summed E-state index contributed by atoms with van der Waals surface area (Å²) in [6.45, 7) is 0.143. The molecule has 0 N–H and O–H groups in total. The lowest BCUT2D eigenvalue weighted by Crippen LogP contribution is -2.03. The Labute approximate surface area is 178 Å². The number of thiophene rings is 1. The predicted molar refractivity (Wildman–Crippen MR) is 116 cm³/mol. The fraction of sp³-hybridized carbons (Fsp3) is 0.100. The van der Waals surface area contributed by atoms with E-state index in [2.05, 4.69) is 15.1 Å². The Morgan fingerprint density at radius 1 is 1.10 bits per heavy atom. The minimum atomic E-state index is -0.349. The highest BCUT2D eigenvalue weighted by atomic mass is 32.1. The van der Waals surface area contributed by atoms with Crippen molar-refractivity contribution in [1.29, 1.82) is 0 Å². The molecule has 6 nitrogen and oxygen atoms in total. The maximum Gasteiger partial charge on any atom is 0.348 e. The average molecular weight is 439 g/mol. The van der Waals surface area contributed by atoms with Crippen molar-refractivity contribution in [3.8, 4) is 20.5 Å². The van der Waals surface area contributed by atoms with Gasteiger partial charge in [-0.3, -0.25) is 4.68 Å². The SMILES string of the molecule is Cn1cc(-c2nc(COC(=O)c3ccc(-c4nc5ccccc5s4)s3)cs2)cn1. The molecule has 144 valence electrons. The van der Waals surface area contributed by atoms with Crippen molar-refractivity contribution in [2.45, 2.75) is 6.61 Å². The van der Waals surface area contributed by atoms with E-state index in [0.717, 1.165) is 36.4 Å². The lowest BCUT2D eigenvalue weighted by atomic mass is 10.3. The molecule has 5 aromatic rings. The third-order valence-corrected chi connectivity index (χ3v) is 7.38. The van der Waals surface area contributed by atoms with Crippen LogP contribution in [0.25, 0.3) is 30.7 Å². The second-order valence-electron chi connectivity index (χ2n) is 6.27. The van der Waals surface area contributed by atoms with Gasteiger partial charge in [0.05, 0.1) is 27.0 Å². The number of nitrogens with zero attached hydrogens (tertiary/aromatic N) is 4. The molecule has 0 radical (unpaired) electrons. The van der Waals surface area contributed by atoms with Gasteiger partial charge in [-0.2, -0.15) is 5.10 Å². The fourth-order valence-electron chi connectivity index (χ4n) is 2.79. The largest absolute Gasteiger partial charge is 0.455 e. The molecule has 9 heteroatoms. The molecule has 5 rings (SSSR count). The summed E-state index contributed by atoms with van der Waals surface area (Å²) in [4.78, 5) is 23.1. The standard InChI is InChI=1S/C20H14N4O2S3/c1-24-9-12(8-21-24)18-22-13(11-27-18)10-26-20(25)17-7-6-16(28-17)19-23-14-4-2-3-5-15(14)29-19/h2-9,11H,10H2,1H3. The molecule has 0 saturated carbocycles. The number of esters is 1. The summed E-state index contributed by atoms with van der Waals surface area (Å²) >= 11 is 4.52. The third kappa shape index (κ3) is 3.71. The monoisotopic (exact) mass is 438 g/mol. The smallest absolute Gasteiger partial charge is 0.348 e. The molecule has 0 bridgehead atoms. The van der Waals surface area contributed by atoms with Gasteiger partial charge in [0.25, 0.3) is 0 Å². The van der Waals surface area contributed by atoms with E-state index >= 15 is 0 Å². The first-order chi connectivity index (χ1) is 14.2. The number of aryl methyl sites for hydroxylation is 1. The van der Waals surface area contributed by atoms with Crippen molar-refractivity contribution < 1.29 is 9.53 Å². The minimum Gasteiger partial charge on any atom is -0.455 e. The number of carbonyl (C=O) groups is 1. The summed E-state index contributed by atoms with van der Waals surface area (Å²) in [6, 6.07) is 11.7. The van der Waals surface area contributed by atoms with Crippen LogP contribution >= 0.6 is 34.0 Å².